The molecule has 5 heteroatoms. The van der Waals surface area contributed by atoms with Crippen LogP contribution in [0.1, 0.15) is 42.0 Å². The van der Waals surface area contributed by atoms with Gasteiger partial charge in [-0.05, 0) is 53.8 Å². The maximum atomic E-state index is 12.1. The van der Waals surface area contributed by atoms with Gasteiger partial charge in [-0.15, -0.1) is 0 Å². The Kier molecular flexibility index (Phi) is 6.00. The van der Waals surface area contributed by atoms with Gasteiger partial charge in [0.1, 0.15) is 12.2 Å². The first-order valence-electron chi connectivity index (χ1n) is 9.02. The highest BCUT2D eigenvalue weighted by molar-refractivity contribution is 6.32. The lowest BCUT2D eigenvalue weighted by Crippen LogP contribution is -2.06. The minimum absolute atomic E-state index is 0.0195. The summed E-state index contributed by atoms with van der Waals surface area (Å²) in [7, 11) is 0. The number of benzene rings is 2. The summed E-state index contributed by atoms with van der Waals surface area (Å²) in [4.78, 5) is 24.0. The predicted octanol–water partition coefficient (Wildman–Crippen LogP) is 5.63. The second kappa shape index (κ2) is 8.44. The molecule has 0 unspecified atom stereocenters. The van der Waals surface area contributed by atoms with Crippen molar-refractivity contribution in [1.29, 1.82) is 0 Å². The van der Waals surface area contributed by atoms with Crippen LogP contribution in [0.4, 0.5) is 0 Å². The van der Waals surface area contributed by atoms with E-state index >= 15 is 0 Å². The second-order valence-electron chi connectivity index (χ2n) is 6.91. The average Bonchev–Trinajstić information content (AvgIpc) is 2.64. The second-order valence-corrected chi connectivity index (χ2v) is 7.32. The van der Waals surface area contributed by atoms with Crippen LogP contribution in [-0.2, 0) is 16.1 Å². The molecule has 0 aliphatic carbocycles. The summed E-state index contributed by atoms with van der Waals surface area (Å²) < 4.78 is 10.7. The third-order valence-corrected chi connectivity index (χ3v) is 4.86. The van der Waals surface area contributed by atoms with Gasteiger partial charge in [0.15, 0.2) is 0 Å². The van der Waals surface area contributed by atoms with Gasteiger partial charge in [0.05, 0.1) is 0 Å². The van der Waals surface area contributed by atoms with E-state index in [1.54, 1.807) is 18.2 Å². The van der Waals surface area contributed by atoms with E-state index in [4.69, 9.17) is 20.8 Å². The summed E-state index contributed by atoms with van der Waals surface area (Å²) in [5, 5.41) is 1.33. The number of rotatable bonds is 5. The zero-order valence-electron chi connectivity index (χ0n) is 16.0. The van der Waals surface area contributed by atoms with E-state index < -0.39 is 11.6 Å². The molecule has 28 heavy (non-hydrogen) atoms. The minimum atomic E-state index is -0.516. The molecule has 0 N–H and O–H groups in total. The molecule has 2 aromatic carbocycles. The third-order valence-electron chi connectivity index (χ3n) is 4.51. The van der Waals surface area contributed by atoms with E-state index in [1.165, 1.54) is 12.1 Å². The van der Waals surface area contributed by atoms with Gasteiger partial charge in [0.25, 0.3) is 0 Å². The summed E-state index contributed by atoms with van der Waals surface area (Å²) >= 11 is 6.07. The molecule has 0 saturated carbocycles. The van der Waals surface area contributed by atoms with Crippen LogP contribution < -0.4 is 5.63 Å². The highest BCUT2D eigenvalue weighted by atomic mass is 35.5. The fourth-order valence-corrected chi connectivity index (χ4v) is 3.30. The molecule has 0 spiro atoms. The van der Waals surface area contributed by atoms with Crippen molar-refractivity contribution in [3.63, 3.8) is 0 Å². The normalized spacial score (nSPS) is 11.5. The molecule has 3 aromatic rings. The SMILES string of the molecule is Cc1cc2oc(=O)cc(COC(=O)/C=C/c3ccccc3Cl)c2cc1C(C)C. The first kappa shape index (κ1) is 19.9. The molecule has 3 rings (SSSR count). The van der Waals surface area contributed by atoms with Crippen LogP contribution >= 0.6 is 11.6 Å². The molecule has 0 atom stereocenters. The first-order chi connectivity index (χ1) is 13.3. The lowest BCUT2D eigenvalue weighted by molar-refractivity contribution is -0.138. The molecule has 0 fully saturated rings. The Labute approximate surface area is 168 Å². The predicted molar refractivity (Wildman–Crippen MR) is 112 cm³/mol. The summed E-state index contributed by atoms with van der Waals surface area (Å²) in [6, 6.07) is 12.4. The van der Waals surface area contributed by atoms with Crippen molar-refractivity contribution < 1.29 is 13.9 Å². The molecule has 1 aromatic heterocycles. The van der Waals surface area contributed by atoms with E-state index in [9.17, 15) is 9.59 Å². The zero-order valence-corrected chi connectivity index (χ0v) is 16.7. The molecule has 0 saturated heterocycles. The monoisotopic (exact) mass is 396 g/mol. The largest absolute Gasteiger partial charge is 0.458 e. The Morgan fingerprint density at radius 3 is 2.68 bits per heavy atom. The van der Waals surface area contributed by atoms with Crippen molar-refractivity contribution in [1.82, 2.24) is 0 Å². The maximum absolute atomic E-state index is 12.1. The number of carbonyl (C=O) groups is 1. The van der Waals surface area contributed by atoms with Crippen LogP contribution in [0.5, 0.6) is 0 Å². The minimum Gasteiger partial charge on any atom is -0.458 e. The lowest BCUT2D eigenvalue weighted by Gasteiger charge is -2.13. The molecule has 0 amide bonds. The Bertz CT molecular complexity index is 1110. The number of fused-ring (bicyclic) bond motifs is 1. The number of halogens is 1. The highest BCUT2D eigenvalue weighted by Gasteiger charge is 2.12. The Hall–Kier alpha value is -2.85. The van der Waals surface area contributed by atoms with Crippen molar-refractivity contribution in [2.75, 3.05) is 0 Å². The highest BCUT2D eigenvalue weighted by Crippen LogP contribution is 2.27. The Morgan fingerprint density at radius 2 is 1.96 bits per heavy atom. The van der Waals surface area contributed by atoms with Crippen LogP contribution in [-0.4, -0.2) is 5.97 Å². The number of hydrogen-bond donors (Lipinski definition) is 0. The van der Waals surface area contributed by atoms with E-state index in [1.807, 2.05) is 31.2 Å². The lowest BCUT2D eigenvalue weighted by atomic mass is 9.95. The number of aryl methyl sites for hydroxylation is 1. The van der Waals surface area contributed by atoms with Gasteiger partial charge >= 0.3 is 11.6 Å². The van der Waals surface area contributed by atoms with Crippen molar-refractivity contribution in [3.8, 4) is 0 Å². The van der Waals surface area contributed by atoms with Crippen molar-refractivity contribution in [3.05, 3.63) is 86.2 Å². The fraction of sp³-hybridized carbons (Fsp3) is 0.217. The summed E-state index contributed by atoms with van der Waals surface area (Å²) in [6.45, 7) is 6.17. The quantitative estimate of drug-likeness (QED) is 0.318. The fourth-order valence-electron chi connectivity index (χ4n) is 3.10. The number of carbonyl (C=O) groups excluding carboxylic acids is 1. The number of hydrogen-bond acceptors (Lipinski definition) is 4. The molecule has 144 valence electrons. The molecule has 0 aliphatic rings. The van der Waals surface area contributed by atoms with Crippen molar-refractivity contribution in [2.24, 2.45) is 0 Å². The summed E-state index contributed by atoms with van der Waals surface area (Å²) in [6.07, 6.45) is 2.92. The third kappa shape index (κ3) is 4.52. The maximum Gasteiger partial charge on any atom is 0.336 e. The van der Waals surface area contributed by atoms with Gasteiger partial charge in [-0.1, -0.05) is 43.6 Å². The van der Waals surface area contributed by atoms with Crippen LogP contribution in [0.15, 0.2) is 57.8 Å². The van der Waals surface area contributed by atoms with E-state index in [0.29, 0.717) is 22.1 Å². The Balaban J connectivity index is 1.83. The first-order valence-corrected chi connectivity index (χ1v) is 9.39. The van der Waals surface area contributed by atoms with Gasteiger partial charge in [-0.3, -0.25) is 0 Å². The molecule has 0 radical (unpaired) electrons. The topological polar surface area (TPSA) is 56.5 Å². The van der Waals surface area contributed by atoms with Crippen molar-refractivity contribution >= 4 is 34.6 Å². The number of esters is 1. The van der Waals surface area contributed by atoms with E-state index in [0.717, 1.165) is 22.1 Å². The van der Waals surface area contributed by atoms with Crippen LogP contribution in [0.2, 0.25) is 5.02 Å². The molecular weight excluding hydrogens is 376 g/mol. The van der Waals surface area contributed by atoms with Gasteiger partial charge in [0.2, 0.25) is 0 Å². The van der Waals surface area contributed by atoms with Gasteiger partial charge in [-0.2, -0.15) is 0 Å². The van der Waals surface area contributed by atoms with Crippen LogP contribution in [0.25, 0.3) is 17.0 Å². The molecular formula is C23H21ClO4. The smallest absolute Gasteiger partial charge is 0.336 e. The number of ether oxygens (including phenoxy) is 1. The molecule has 1 heterocycles. The molecule has 4 nitrogen and oxygen atoms in total. The average molecular weight is 397 g/mol. The van der Waals surface area contributed by atoms with Gasteiger partial charge in [-0.25, -0.2) is 9.59 Å². The molecule has 0 aliphatic heterocycles. The van der Waals surface area contributed by atoms with E-state index in [2.05, 4.69) is 13.8 Å². The zero-order chi connectivity index (χ0) is 20.3. The van der Waals surface area contributed by atoms with Crippen molar-refractivity contribution in [2.45, 2.75) is 33.3 Å². The standard InChI is InChI=1S/C23H21ClO4/c1-14(2)18-12-19-17(11-23(26)28-21(19)10-15(18)3)13-27-22(25)9-8-16-6-4-5-7-20(16)24/h4-12,14H,13H2,1-3H3/b9-8+. The summed E-state index contributed by atoms with van der Waals surface area (Å²) in [5.74, 6) is -0.192. The molecule has 0 bridgehead atoms. The van der Waals surface area contributed by atoms with Crippen LogP contribution in [0, 0.1) is 6.92 Å². The van der Waals surface area contributed by atoms with Gasteiger partial charge in [0, 0.05) is 28.1 Å². The van der Waals surface area contributed by atoms with Crippen LogP contribution in [0.3, 0.4) is 0 Å². The van der Waals surface area contributed by atoms with E-state index in [-0.39, 0.29) is 6.61 Å². The Morgan fingerprint density at radius 1 is 1.21 bits per heavy atom. The summed E-state index contributed by atoms with van der Waals surface area (Å²) in [5.41, 5.74) is 3.58. The van der Waals surface area contributed by atoms with Gasteiger partial charge < -0.3 is 9.15 Å².